The minimum atomic E-state index is -0.365. The summed E-state index contributed by atoms with van der Waals surface area (Å²) in [6.45, 7) is 4.18. The number of halogens is 1. The van der Waals surface area contributed by atoms with Crippen LogP contribution in [0.4, 0.5) is 10.1 Å². The quantitative estimate of drug-likeness (QED) is 0.753. The second-order valence-electron chi connectivity index (χ2n) is 5.86. The molecule has 128 valence electrons. The van der Waals surface area contributed by atoms with Gasteiger partial charge in [0.15, 0.2) is 0 Å². The first-order chi connectivity index (χ1) is 11.1. The SMILES string of the molecule is CC(C(=O)Nc1cccc(F)c1)N1CCC(OCCCO)CC1. The fraction of sp³-hybridized carbons (Fsp3) is 0.588. The van der Waals surface area contributed by atoms with Crippen LogP contribution in [0.2, 0.25) is 0 Å². The van der Waals surface area contributed by atoms with Crippen LogP contribution in [0.5, 0.6) is 0 Å². The molecule has 1 atom stereocenters. The van der Waals surface area contributed by atoms with E-state index in [4.69, 9.17) is 9.84 Å². The fourth-order valence-electron chi connectivity index (χ4n) is 2.72. The van der Waals surface area contributed by atoms with Gasteiger partial charge in [-0.2, -0.15) is 0 Å². The zero-order valence-corrected chi connectivity index (χ0v) is 13.5. The van der Waals surface area contributed by atoms with E-state index in [9.17, 15) is 9.18 Å². The number of aliphatic hydroxyl groups excluding tert-OH is 1. The van der Waals surface area contributed by atoms with Crippen LogP contribution in [0.25, 0.3) is 0 Å². The van der Waals surface area contributed by atoms with E-state index in [0.29, 0.717) is 18.7 Å². The number of rotatable bonds is 7. The van der Waals surface area contributed by atoms with E-state index in [1.807, 2.05) is 6.92 Å². The van der Waals surface area contributed by atoms with Crippen LogP contribution in [0, 0.1) is 5.82 Å². The largest absolute Gasteiger partial charge is 0.396 e. The summed E-state index contributed by atoms with van der Waals surface area (Å²) >= 11 is 0. The lowest BCUT2D eigenvalue weighted by atomic mass is 10.1. The number of anilines is 1. The van der Waals surface area contributed by atoms with Gasteiger partial charge in [0, 0.05) is 32.0 Å². The predicted molar refractivity (Wildman–Crippen MR) is 86.7 cm³/mol. The number of piperidine rings is 1. The molecule has 1 fully saturated rings. The summed E-state index contributed by atoms with van der Waals surface area (Å²) in [6.07, 6.45) is 2.62. The van der Waals surface area contributed by atoms with Crippen molar-refractivity contribution in [1.29, 1.82) is 0 Å². The van der Waals surface area contributed by atoms with E-state index in [2.05, 4.69) is 10.2 Å². The van der Waals surface area contributed by atoms with Crippen molar-refractivity contribution in [2.75, 3.05) is 31.6 Å². The van der Waals surface area contributed by atoms with Crippen molar-refractivity contribution in [2.24, 2.45) is 0 Å². The molecule has 5 nitrogen and oxygen atoms in total. The van der Waals surface area contributed by atoms with E-state index in [1.54, 1.807) is 12.1 Å². The van der Waals surface area contributed by atoms with Crippen LogP contribution in [-0.4, -0.2) is 54.4 Å². The number of likely N-dealkylation sites (tertiary alicyclic amines) is 1. The van der Waals surface area contributed by atoms with E-state index < -0.39 is 0 Å². The number of carbonyl (C=O) groups excluding carboxylic acids is 1. The number of benzene rings is 1. The fourth-order valence-corrected chi connectivity index (χ4v) is 2.72. The summed E-state index contributed by atoms with van der Waals surface area (Å²) < 4.78 is 18.8. The number of carbonyl (C=O) groups is 1. The Labute approximate surface area is 136 Å². The molecule has 1 heterocycles. The van der Waals surface area contributed by atoms with Crippen LogP contribution >= 0.6 is 0 Å². The summed E-state index contributed by atoms with van der Waals surface area (Å²) in [5.74, 6) is -0.494. The average Bonchev–Trinajstić information content (AvgIpc) is 2.55. The van der Waals surface area contributed by atoms with Gasteiger partial charge in [0.05, 0.1) is 12.1 Å². The lowest BCUT2D eigenvalue weighted by Crippen LogP contribution is -2.47. The second kappa shape index (κ2) is 8.96. The third kappa shape index (κ3) is 5.57. The lowest BCUT2D eigenvalue weighted by Gasteiger charge is -2.35. The van der Waals surface area contributed by atoms with Crippen molar-refractivity contribution in [1.82, 2.24) is 4.90 Å². The molecule has 2 N–H and O–H groups in total. The van der Waals surface area contributed by atoms with Crippen LogP contribution in [-0.2, 0) is 9.53 Å². The Hall–Kier alpha value is -1.50. The molecule has 1 aliphatic rings. The molecule has 1 aromatic carbocycles. The molecule has 1 unspecified atom stereocenters. The highest BCUT2D eigenvalue weighted by molar-refractivity contribution is 5.94. The summed E-state index contributed by atoms with van der Waals surface area (Å²) in [5, 5.41) is 11.5. The van der Waals surface area contributed by atoms with E-state index in [1.165, 1.54) is 12.1 Å². The standard InChI is InChI=1S/C17H25FN2O3/c1-13(17(22)19-15-5-2-4-14(18)12-15)20-8-6-16(7-9-20)23-11-3-10-21/h2,4-5,12-13,16,21H,3,6-11H2,1H3,(H,19,22). The predicted octanol–water partition coefficient (Wildman–Crippen LogP) is 2.02. The number of hydrogen-bond donors (Lipinski definition) is 2. The first-order valence-electron chi connectivity index (χ1n) is 8.13. The number of aliphatic hydroxyl groups is 1. The van der Waals surface area contributed by atoms with Crippen LogP contribution in [0.3, 0.4) is 0 Å². The monoisotopic (exact) mass is 324 g/mol. The molecule has 0 radical (unpaired) electrons. The summed E-state index contributed by atoms with van der Waals surface area (Å²) in [5.41, 5.74) is 0.476. The van der Waals surface area contributed by atoms with Crippen molar-refractivity contribution in [3.63, 3.8) is 0 Å². The first-order valence-corrected chi connectivity index (χ1v) is 8.13. The highest BCUT2D eigenvalue weighted by Crippen LogP contribution is 2.17. The third-order valence-corrected chi connectivity index (χ3v) is 4.15. The molecular weight excluding hydrogens is 299 g/mol. The topological polar surface area (TPSA) is 61.8 Å². The molecule has 1 amide bonds. The van der Waals surface area contributed by atoms with E-state index >= 15 is 0 Å². The molecule has 0 spiro atoms. The molecule has 6 heteroatoms. The molecule has 0 aromatic heterocycles. The van der Waals surface area contributed by atoms with E-state index in [-0.39, 0.29) is 30.5 Å². The van der Waals surface area contributed by atoms with Gasteiger partial charge in [-0.05, 0) is 44.4 Å². The lowest BCUT2D eigenvalue weighted by molar-refractivity contribution is -0.121. The van der Waals surface area contributed by atoms with Gasteiger partial charge >= 0.3 is 0 Å². The van der Waals surface area contributed by atoms with Gasteiger partial charge in [-0.1, -0.05) is 6.07 Å². The third-order valence-electron chi connectivity index (χ3n) is 4.15. The highest BCUT2D eigenvalue weighted by atomic mass is 19.1. The van der Waals surface area contributed by atoms with Crippen molar-refractivity contribution in [2.45, 2.75) is 38.3 Å². The van der Waals surface area contributed by atoms with Crippen LogP contribution in [0.15, 0.2) is 24.3 Å². The zero-order chi connectivity index (χ0) is 16.7. The molecule has 0 aliphatic carbocycles. The molecule has 1 saturated heterocycles. The molecule has 23 heavy (non-hydrogen) atoms. The normalized spacial score (nSPS) is 17.9. The van der Waals surface area contributed by atoms with Gasteiger partial charge in [-0.25, -0.2) is 4.39 Å². The number of ether oxygens (including phenoxy) is 1. The van der Waals surface area contributed by atoms with Gasteiger partial charge in [0.2, 0.25) is 5.91 Å². The molecule has 0 bridgehead atoms. The second-order valence-corrected chi connectivity index (χ2v) is 5.86. The van der Waals surface area contributed by atoms with Crippen molar-refractivity contribution in [3.05, 3.63) is 30.1 Å². The van der Waals surface area contributed by atoms with Crippen molar-refractivity contribution in [3.8, 4) is 0 Å². The Balaban J connectivity index is 1.77. The maximum absolute atomic E-state index is 13.2. The Bertz CT molecular complexity index is 504. The maximum Gasteiger partial charge on any atom is 0.241 e. The molecule has 2 rings (SSSR count). The summed E-state index contributed by atoms with van der Waals surface area (Å²) in [4.78, 5) is 14.4. The van der Waals surface area contributed by atoms with Crippen molar-refractivity contribution < 1.29 is 19.0 Å². The van der Waals surface area contributed by atoms with Crippen LogP contribution in [0.1, 0.15) is 26.2 Å². The minimum Gasteiger partial charge on any atom is -0.396 e. The number of nitrogens with zero attached hydrogens (tertiary/aromatic N) is 1. The Morgan fingerprint density at radius 2 is 2.22 bits per heavy atom. The highest BCUT2D eigenvalue weighted by Gasteiger charge is 2.26. The smallest absolute Gasteiger partial charge is 0.241 e. The van der Waals surface area contributed by atoms with Gasteiger partial charge in [0.1, 0.15) is 5.82 Å². The van der Waals surface area contributed by atoms with Gasteiger partial charge in [0.25, 0.3) is 0 Å². The average molecular weight is 324 g/mol. The Morgan fingerprint density at radius 1 is 1.48 bits per heavy atom. The molecule has 1 aliphatic heterocycles. The van der Waals surface area contributed by atoms with Gasteiger partial charge in [-0.3, -0.25) is 9.69 Å². The van der Waals surface area contributed by atoms with Gasteiger partial charge in [-0.15, -0.1) is 0 Å². The van der Waals surface area contributed by atoms with Crippen LogP contribution < -0.4 is 5.32 Å². The van der Waals surface area contributed by atoms with Gasteiger partial charge < -0.3 is 15.2 Å². The minimum absolute atomic E-state index is 0.129. The summed E-state index contributed by atoms with van der Waals surface area (Å²) in [7, 11) is 0. The van der Waals surface area contributed by atoms with Crippen molar-refractivity contribution >= 4 is 11.6 Å². The molecule has 1 aromatic rings. The Kier molecular flexibility index (Phi) is 6.95. The van der Waals surface area contributed by atoms with E-state index in [0.717, 1.165) is 25.9 Å². The number of nitrogens with one attached hydrogen (secondary N) is 1. The molecule has 0 saturated carbocycles. The summed E-state index contributed by atoms with van der Waals surface area (Å²) in [6, 6.07) is 5.64. The number of amides is 1. The number of hydrogen-bond acceptors (Lipinski definition) is 4. The molecular formula is C17H25FN2O3. The first kappa shape index (κ1) is 17.8. The zero-order valence-electron chi connectivity index (χ0n) is 13.5. The maximum atomic E-state index is 13.2. The Morgan fingerprint density at radius 3 is 2.87 bits per heavy atom.